The van der Waals surface area contributed by atoms with Crippen LogP contribution >= 0.6 is 11.6 Å². The van der Waals surface area contributed by atoms with E-state index in [2.05, 4.69) is 4.98 Å². The number of pyridine rings is 1. The largest absolute Gasteiger partial charge is 0.511 e. The van der Waals surface area contributed by atoms with Gasteiger partial charge in [-0.25, -0.2) is 12.8 Å². The summed E-state index contributed by atoms with van der Waals surface area (Å²) in [5.74, 6) is -0.223. The van der Waals surface area contributed by atoms with Crippen LogP contribution in [0.1, 0.15) is 49.8 Å². The molecule has 12 heteroatoms. The Hall–Kier alpha value is -2.11. The Balaban J connectivity index is 1.77. The summed E-state index contributed by atoms with van der Waals surface area (Å²) in [5.41, 5.74) is 1.39. The highest BCUT2D eigenvalue weighted by Gasteiger charge is 2.51. The third kappa shape index (κ3) is 5.51. The van der Waals surface area contributed by atoms with Crippen LogP contribution in [0.15, 0.2) is 30.5 Å². The molecule has 4 rings (SSSR count). The van der Waals surface area contributed by atoms with Gasteiger partial charge in [0.05, 0.1) is 24.1 Å². The number of nitrogens with two attached hydrogens (primary N) is 1. The lowest BCUT2D eigenvalue weighted by Crippen LogP contribution is -2.47. The van der Waals surface area contributed by atoms with E-state index in [0.717, 1.165) is 38.3 Å². The molecule has 1 atom stereocenters. The minimum absolute atomic E-state index is 0.0973. The van der Waals surface area contributed by atoms with Gasteiger partial charge >= 0.3 is 15.5 Å². The maximum Gasteiger partial charge on any atom is 0.511 e. The minimum Gasteiger partial charge on any atom is -0.396 e. The molecule has 0 saturated heterocycles. The van der Waals surface area contributed by atoms with Crippen molar-refractivity contribution in [3.63, 3.8) is 0 Å². The van der Waals surface area contributed by atoms with Gasteiger partial charge in [-0.2, -0.15) is 17.5 Å². The van der Waals surface area contributed by atoms with Crippen molar-refractivity contribution in [1.82, 2.24) is 9.29 Å². The monoisotopic (exact) mass is 534 g/mol. The summed E-state index contributed by atoms with van der Waals surface area (Å²) in [5, 5.41) is 0.165. The van der Waals surface area contributed by atoms with Crippen LogP contribution in [-0.4, -0.2) is 35.8 Å². The van der Waals surface area contributed by atoms with Crippen LogP contribution in [0.2, 0.25) is 5.02 Å². The average Bonchev–Trinajstić information content (AvgIpc) is 3.25. The molecule has 0 radical (unpaired) electrons. The van der Waals surface area contributed by atoms with Crippen LogP contribution in [0.3, 0.4) is 0 Å². The molecule has 2 aromatic rings. The first-order valence-electron chi connectivity index (χ1n) is 11.5. The number of hydrogen-bond donors (Lipinski definition) is 1. The van der Waals surface area contributed by atoms with Gasteiger partial charge in [0.1, 0.15) is 0 Å². The van der Waals surface area contributed by atoms with Crippen LogP contribution in [0.4, 0.5) is 28.9 Å². The lowest BCUT2D eigenvalue weighted by Gasteiger charge is -2.34. The van der Waals surface area contributed by atoms with E-state index in [-0.39, 0.29) is 29.4 Å². The standard InChI is InChI=1S/C23H27ClF4N4O2S/c24-19-6-3-7-22-18(19)14-31(35(33,34)23(26,27)28)13-17(9-8-15-4-1-2-5-15)32(22)12-16-10-21(29)20(25)11-30-16/h3,6-7,10-11,15,17H,1-2,4-5,8-9,12-14H2,(H2,29,30). The van der Waals surface area contributed by atoms with Crippen LogP contribution < -0.4 is 10.6 Å². The Labute approximate surface area is 207 Å². The fraction of sp³-hybridized carbons (Fsp3) is 0.522. The Kier molecular flexibility index (Phi) is 7.49. The molecule has 1 aromatic heterocycles. The van der Waals surface area contributed by atoms with E-state index < -0.39 is 33.9 Å². The van der Waals surface area contributed by atoms with Crippen LogP contribution in [0.25, 0.3) is 0 Å². The predicted molar refractivity (Wildman–Crippen MR) is 127 cm³/mol. The number of sulfonamides is 1. The van der Waals surface area contributed by atoms with Crippen LogP contribution in [-0.2, 0) is 23.1 Å². The van der Waals surface area contributed by atoms with E-state index in [4.69, 9.17) is 17.3 Å². The first-order chi connectivity index (χ1) is 16.5. The zero-order valence-electron chi connectivity index (χ0n) is 18.9. The Bertz CT molecular complexity index is 1170. The second kappa shape index (κ2) is 10.1. The highest BCUT2D eigenvalue weighted by molar-refractivity contribution is 7.89. The number of halogens is 5. The maximum absolute atomic E-state index is 13.7. The first kappa shape index (κ1) is 26.0. The second-order valence-electron chi connectivity index (χ2n) is 9.19. The third-order valence-electron chi connectivity index (χ3n) is 6.88. The number of anilines is 2. The zero-order valence-corrected chi connectivity index (χ0v) is 20.5. The normalized spacial score (nSPS) is 20.1. The molecule has 0 spiro atoms. The number of nitrogen functional groups attached to an aromatic ring is 1. The molecule has 192 valence electrons. The van der Waals surface area contributed by atoms with Gasteiger partial charge in [0.15, 0.2) is 5.82 Å². The molecular weight excluding hydrogens is 508 g/mol. The van der Waals surface area contributed by atoms with Gasteiger partial charge in [-0.05, 0) is 37.0 Å². The van der Waals surface area contributed by atoms with Gasteiger partial charge < -0.3 is 10.6 Å². The summed E-state index contributed by atoms with van der Waals surface area (Å²) in [6.45, 7) is -0.768. The summed E-state index contributed by atoms with van der Waals surface area (Å²) in [4.78, 5) is 5.93. The molecule has 2 N–H and O–H groups in total. The highest BCUT2D eigenvalue weighted by Crippen LogP contribution is 2.39. The fourth-order valence-electron chi connectivity index (χ4n) is 5.02. The van der Waals surface area contributed by atoms with Crippen molar-refractivity contribution in [1.29, 1.82) is 0 Å². The third-order valence-corrected chi connectivity index (χ3v) is 8.78. The molecule has 0 bridgehead atoms. The smallest absolute Gasteiger partial charge is 0.396 e. The van der Waals surface area contributed by atoms with Crippen molar-refractivity contribution in [2.75, 3.05) is 17.2 Å². The number of hydrogen-bond acceptors (Lipinski definition) is 5. The lowest BCUT2D eigenvalue weighted by atomic mass is 9.97. The van der Waals surface area contributed by atoms with E-state index in [9.17, 15) is 26.0 Å². The number of nitrogens with zero attached hydrogens (tertiary/aromatic N) is 3. The van der Waals surface area contributed by atoms with E-state index >= 15 is 0 Å². The summed E-state index contributed by atoms with van der Waals surface area (Å²) in [6.07, 6.45) is 6.57. The maximum atomic E-state index is 13.7. The lowest BCUT2D eigenvalue weighted by molar-refractivity contribution is -0.0492. The quantitative estimate of drug-likeness (QED) is 0.497. The first-order valence-corrected chi connectivity index (χ1v) is 13.3. The van der Waals surface area contributed by atoms with E-state index in [1.807, 2.05) is 4.90 Å². The van der Waals surface area contributed by atoms with Gasteiger partial charge in [-0.1, -0.05) is 43.4 Å². The molecule has 1 unspecified atom stereocenters. The van der Waals surface area contributed by atoms with Gasteiger partial charge in [0.25, 0.3) is 0 Å². The molecule has 1 aromatic carbocycles. The Morgan fingerprint density at radius 2 is 1.89 bits per heavy atom. The second-order valence-corrected chi connectivity index (χ2v) is 11.5. The molecule has 1 aliphatic carbocycles. The van der Waals surface area contributed by atoms with Gasteiger partial charge in [-0.15, -0.1) is 0 Å². The van der Waals surface area contributed by atoms with Crippen molar-refractivity contribution in [2.24, 2.45) is 5.92 Å². The number of aromatic nitrogens is 1. The summed E-state index contributed by atoms with van der Waals surface area (Å²) in [7, 11) is -5.60. The Morgan fingerprint density at radius 3 is 2.54 bits per heavy atom. The number of fused-ring (bicyclic) bond motifs is 1. The number of rotatable bonds is 6. The predicted octanol–water partition coefficient (Wildman–Crippen LogP) is 5.47. The van der Waals surface area contributed by atoms with Crippen molar-refractivity contribution in [3.8, 4) is 0 Å². The molecule has 2 heterocycles. The van der Waals surface area contributed by atoms with E-state index in [1.165, 1.54) is 12.1 Å². The summed E-state index contributed by atoms with van der Waals surface area (Å²) >= 11 is 6.37. The average molecular weight is 535 g/mol. The summed E-state index contributed by atoms with van der Waals surface area (Å²) < 4.78 is 79.9. The summed E-state index contributed by atoms with van der Waals surface area (Å²) in [6, 6.07) is 5.69. The minimum atomic E-state index is -5.60. The number of alkyl halides is 3. The topological polar surface area (TPSA) is 79.5 Å². The van der Waals surface area contributed by atoms with Gasteiger partial charge in [-0.3, -0.25) is 4.98 Å². The highest BCUT2D eigenvalue weighted by atomic mass is 35.5. The van der Waals surface area contributed by atoms with E-state index in [1.54, 1.807) is 12.1 Å². The fourth-order valence-corrected chi connectivity index (χ4v) is 6.21. The molecule has 1 aliphatic heterocycles. The molecule has 1 saturated carbocycles. The van der Waals surface area contributed by atoms with Crippen molar-refractivity contribution in [2.45, 2.75) is 63.2 Å². The SMILES string of the molecule is Nc1cc(CN2c3cccc(Cl)c3CN(S(=O)(=O)C(F)(F)F)CC2CCC2CCCC2)ncc1F. The zero-order chi connectivity index (χ0) is 25.4. The van der Waals surface area contributed by atoms with Crippen LogP contribution in [0, 0.1) is 11.7 Å². The molecule has 1 fully saturated rings. The molecule has 2 aliphatic rings. The van der Waals surface area contributed by atoms with Gasteiger partial charge in [0.2, 0.25) is 0 Å². The molecule has 6 nitrogen and oxygen atoms in total. The molecule has 0 amide bonds. The van der Waals surface area contributed by atoms with Crippen molar-refractivity contribution in [3.05, 3.63) is 52.6 Å². The van der Waals surface area contributed by atoms with Gasteiger partial charge in [0, 0.05) is 35.4 Å². The van der Waals surface area contributed by atoms with Crippen molar-refractivity contribution < 1.29 is 26.0 Å². The van der Waals surface area contributed by atoms with E-state index in [0.29, 0.717) is 28.0 Å². The Morgan fingerprint density at radius 1 is 1.17 bits per heavy atom. The molecular formula is C23H27ClF4N4O2S. The van der Waals surface area contributed by atoms with Crippen molar-refractivity contribution >= 4 is 33.0 Å². The molecule has 35 heavy (non-hydrogen) atoms. The van der Waals surface area contributed by atoms with Crippen LogP contribution in [0.5, 0.6) is 0 Å². The number of benzene rings is 1.